The van der Waals surface area contributed by atoms with Gasteiger partial charge in [-0.1, -0.05) is 0 Å². The molecule has 3 heterocycles. The monoisotopic (exact) mass is 287 g/mol. The summed E-state index contributed by atoms with van der Waals surface area (Å²) in [5, 5.41) is 0. The van der Waals surface area contributed by atoms with Gasteiger partial charge in [0.2, 0.25) is 0 Å². The number of carbonyl (C=O) groups excluding carboxylic acids is 1. The Labute approximate surface area is 125 Å². The maximum absolute atomic E-state index is 11.9. The average Bonchev–Trinajstić information content (AvgIpc) is 2.70. The minimum atomic E-state index is 0.370. The smallest absolute Gasteiger partial charge is 0.163 e. The van der Waals surface area contributed by atoms with Gasteiger partial charge in [0.05, 0.1) is 13.2 Å². The molecule has 2 unspecified atom stereocenters. The Morgan fingerprint density at radius 2 is 1.67 bits per heavy atom. The predicted molar refractivity (Wildman–Crippen MR) is 80.2 cm³/mol. The van der Waals surface area contributed by atoms with Crippen molar-refractivity contribution in [3.8, 4) is 11.5 Å². The van der Waals surface area contributed by atoms with Crippen LogP contribution in [0.2, 0.25) is 0 Å². The molecule has 3 aliphatic heterocycles. The van der Waals surface area contributed by atoms with Gasteiger partial charge in [0.1, 0.15) is 5.78 Å². The zero-order valence-corrected chi connectivity index (χ0v) is 12.2. The van der Waals surface area contributed by atoms with E-state index < -0.39 is 0 Å². The van der Waals surface area contributed by atoms with Gasteiger partial charge < -0.3 is 14.4 Å². The van der Waals surface area contributed by atoms with E-state index in [0.29, 0.717) is 37.3 Å². The molecule has 2 atom stereocenters. The van der Waals surface area contributed by atoms with E-state index in [1.807, 2.05) is 6.07 Å². The number of anilines is 1. The molecular formula is C17H21NO3. The second-order valence-electron chi connectivity index (χ2n) is 6.27. The molecular weight excluding hydrogens is 266 g/mol. The Morgan fingerprint density at radius 1 is 0.952 bits per heavy atom. The van der Waals surface area contributed by atoms with Crippen molar-refractivity contribution in [2.24, 2.45) is 0 Å². The second kappa shape index (κ2) is 5.24. The van der Waals surface area contributed by atoms with Crippen LogP contribution in [0.3, 0.4) is 0 Å². The minimum absolute atomic E-state index is 0.370. The molecule has 0 N–H and O–H groups in total. The summed E-state index contributed by atoms with van der Waals surface area (Å²) in [4.78, 5) is 14.3. The number of nitrogens with zero attached hydrogens (tertiary/aromatic N) is 1. The average molecular weight is 287 g/mol. The Hall–Kier alpha value is -1.71. The van der Waals surface area contributed by atoms with Crippen molar-refractivity contribution in [1.82, 2.24) is 0 Å². The number of ketones is 1. The van der Waals surface area contributed by atoms with Gasteiger partial charge in [-0.3, -0.25) is 4.79 Å². The van der Waals surface area contributed by atoms with E-state index in [1.54, 1.807) is 0 Å². The zero-order valence-electron chi connectivity index (χ0n) is 12.2. The van der Waals surface area contributed by atoms with Gasteiger partial charge in [0.25, 0.3) is 0 Å². The van der Waals surface area contributed by atoms with Gasteiger partial charge in [-0.15, -0.1) is 0 Å². The summed E-state index contributed by atoms with van der Waals surface area (Å²) < 4.78 is 11.5. The highest BCUT2D eigenvalue weighted by Gasteiger charge is 2.37. The molecule has 2 bridgehead atoms. The standard InChI is InChI=1S/C17H21NO3/c19-15-9-12-3-1-4-13(10-15)18(12)14-5-6-16-17(11-14)21-8-2-7-20-16/h5-6,11-13H,1-4,7-10H2. The highest BCUT2D eigenvalue weighted by Crippen LogP contribution is 2.40. The number of fused-ring (bicyclic) bond motifs is 3. The van der Waals surface area contributed by atoms with Crippen LogP contribution in [-0.4, -0.2) is 31.1 Å². The van der Waals surface area contributed by atoms with Crippen molar-refractivity contribution in [3.05, 3.63) is 18.2 Å². The summed E-state index contributed by atoms with van der Waals surface area (Å²) in [5.41, 5.74) is 1.18. The number of Topliss-reactive ketones (excluding diaryl/α,β-unsaturated/α-hetero) is 1. The molecule has 0 saturated carbocycles. The van der Waals surface area contributed by atoms with Crippen LogP contribution in [0.1, 0.15) is 38.5 Å². The molecule has 2 saturated heterocycles. The van der Waals surface area contributed by atoms with E-state index in [9.17, 15) is 4.79 Å². The van der Waals surface area contributed by atoms with Crippen molar-refractivity contribution in [3.63, 3.8) is 0 Å². The molecule has 1 aromatic carbocycles. The van der Waals surface area contributed by atoms with Gasteiger partial charge in [-0.2, -0.15) is 0 Å². The van der Waals surface area contributed by atoms with Crippen LogP contribution in [0.5, 0.6) is 11.5 Å². The first kappa shape index (κ1) is 13.0. The van der Waals surface area contributed by atoms with Crippen LogP contribution in [0, 0.1) is 0 Å². The molecule has 0 spiro atoms. The highest BCUT2D eigenvalue weighted by atomic mass is 16.5. The van der Waals surface area contributed by atoms with Crippen LogP contribution in [0.15, 0.2) is 18.2 Å². The molecule has 0 amide bonds. The van der Waals surface area contributed by atoms with E-state index in [0.717, 1.165) is 37.4 Å². The van der Waals surface area contributed by atoms with Gasteiger partial charge in [0.15, 0.2) is 11.5 Å². The lowest BCUT2D eigenvalue weighted by atomic mass is 9.83. The van der Waals surface area contributed by atoms with E-state index in [2.05, 4.69) is 17.0 Å². The summed E-state index contributed by atoms with van der Waals surface area (Å²) in [6.07, 6.45) is 5.81. The third-order valence-electron chi connectivity index (χ3n) is 4.82. The van der Waals surface area contributed by atoms with Gasteiger partial charge in [0, 0.05) is 43.1 Å². The van der Waals surface area contributed by atoms with Crippen molar-refractivity contribution in [2.75, 3.05) is 18.1 Å². The fraction of sp³-hybridized carbons (Fsp3) is 0.588. The topological polar surface area (TPSA) is 38.8 Å². The first-order valence-corrected chi connectivity index (χ1v) is 8.01. The molecule has 0 aliphatic carbocycles. The van der Waals surface area contributed by atoms with Crippen LogP contribution < -0.4 is 14.4 Å². The van der Waals surface area contributed by atoms with Crippen LogP contribution in [0.25, 0.3) is 0 Å². The number of ether oxygens (including phenoxy) is 2. The Balaban J connectivity index is 1.66. The molecule has 0 radical (unpaired) electrons. The molecule has 112 valence electrons. The lowest BCUT2D eigenvalue weighted by Gasteiger charge is -2.47. The van der Waals surface area contributed by atoms with Gasteiger partial charge in [-0.25, -0.2) is 0 Å². The maximum atomic E-state index is 11.9. The molecule has 4 rings (SSSR count). The molecule has 1 aromatic rings. The zero-order chi connectivity index (χ0) is 14.2. The summed E-state index contributed by atoms with van der Waals surface area (Å²) in [7, 11) is 0. The highest BCUT2D eigenvalue weighted by molar-refractivity contribution is 5.83. The molecule has 3 aliphatic rings. The summed E-state index contributed by atoms with van der Waals surface area (Å²) in [6.45, 7) is 1.43. The third kappa shape index (κ3) is 2.37. The fourth-order valence-corrected chi connectivity index (χ4v) is 3.91. The summed E-state index contributed by atoms with van der Waals surface area (Å²) in [5.74, 6) is 2.12. The van der Waals surface area contributed by atoms with Crippen molar-refractivity contribution in [1.29, 1.82) is 0 Å². The van der Waals surface area contributed by atoms with Crippen LogP contribution in [0.4, 0.5) is 5.69 Å². The first-order valence-electron chi connectivity index (χ1n) is 8.01. The predicted octanol–water partition coefficient (Wildman–Crippen LogP) is 2.94. The molecule has 21 heavy (non-hydrogen) atoms. The summed E-state index contributed by atoms with van der Waals surface area (Å²) in [6, 6.07) is 6.97. The molecule has 4 nitrogen and oxygen atoms in total. The normalized spacial score (nSPS) is 28.2. The molecule has 0 aromatic heterocycles. The minimum Gasteiger partial charge on any atom is -0.490 e. The largest absolute Gasteiger partial charge is 0.490 e. The maximum Gasteiger partial charge on any atom is 0.163 e. The number of rotatable bonds is 1. The van der Waals surface area contributed by atoms with E-state index >= 15 is 0 Å². The summed E-state index contributed by atoms with van der Waals surface area (Å²) >= 11 is 0. The lowest BCUT2D eigenvalue weighted by Crippen LogP contribution is -2.52. The second-order valence-corrected chi connectivity index (χ2v) is 6.27. The van der Waals surface area contributed by atoms with Crippen molar-refractivity contribution in [2.45, 2.75) is 50.6 Å². The van der Waals surface area contributed by atoms with E-state index in [-0.39, 0.29) is 0 Å². The van der Waals surface area contributed by atoms with Gasteiger partial charge in [-0.05, 0) is 31.4 Å². The van der Waals surface area contributed by atoms with E-state index in [4.69, 9.17) is 9.47 Å². The fourth-order valence-electron chi connectivity index (χ4n) is 3.91. The number of carbonyl (C=O) groups is 1. The van der Waals surface area contributed by atoms with Crippen LogP contribution >= 0.6 is 0 Å². The Kier molecular flexibility index (Phi) is 3.24. The van der Waals surface area contributed by atoms with Gasteiger partial charge >= 0.3 is 0 Å². The number of hydrogen-bond donors (Lipinski definition) is 0. The van der Waals surface area contributed by atoms with E-state index in [1.165, 1.54) is 12.1 Å². The number of piperidine rings is 2. The molecule has 4 heteroatoms. The molecule has 2 fully saturated rings. The third-order valence-corrected chi connectivity index (χ3v) is 4.82. The SMILES string of the molecule is O=C1CC2CCCC(C1)N2c1ccc2c(c1)OCCCO2. The van der Waals surface area contributed by atoms with Crippen LogP contribution in [-0.2, 0) is 4.79 Å². The van der Waals surface area contributed by atoms with Crippen molar-refractivity contribution >= 4 is 11.5 Å². The van der Waals surface area contributed by atoms with Crippen molar-refractivity contribution < 1.29 is 14.3 Å². The lowest BCUT2D eigenvalue weighted by molar-refractivity contribution is -0.121. The quantitative estimate of drug-likeness (QED) is 0.796. The Morgan fingerprint density at radius 3 is 2.43 bits per heavy atom. The Bertz CT molecular complexity index is 541. The number of hydrogen-bond acceptors (Lipinski definition) is 4. The number of benzene rings is 1. The first-order chi connectivity index (χ1) is 10.3.